The van der Waals surface area contributed by atoms with Crippen molar-refractivity contribution < 1.29 is 14.3 Å². The van der Waals surface area contributed by atoms with Crippen LogP contribution in [0.2, 0.25) is 0 Å². The van der Waals surface area contributed by atoms with Gasteiger partial charge in [-0.3, -0.25) is 0 Å². The minimum Gasteiger partial charge on any atom is -0.457 e. The smallest absolute Gasteiger partial charge is 0.417 e. The molecule has 0 saturated heterocycles. The molecule has 0 unspecified atom stereocenters. The summed E-state index contributed by atoms with van der Waals surface area (Å²) in [5, 5.41) is 0. The summed E-state index contributed by atoms with van der Waals surface area (Å²) in [5.74, 6) is 0. The Bertz CT molecular complexity index is 93.8. The quantitative estimate of drug-likeness (QED) is 0.497. The molecule has 0 heterocycles. The highest BCUT2D eigenvalue weighted by Crippen LogP contribution is 1.99. The van der Waals surface area contributed by atoms with E-state index in [1.54, 1.807) is 0 Å². The monoisotopic (exact) mass is 173 g/mol. The Labute approximate surface area is 74.0 Å². The predicted octanol–water partition coefficient (Wildman–Crippen LogP) is 1.67. The molecule has 0 aliphatic carbocycles. The van der Waals surface area contributed by atoms with Gasteiger partial charge in [-0.25, -0.2) is 4.79 Å². The molecule has 0 N–H and O–H groups in total. The summed E-state index contributed by atoms with van der Waals surface area (Å²) in [6, 6.07) is 0. The van der Waals surface area contributed by atoms with E-state index in [2.05, 4.69) is 4.74 Å². The first kappa shape index (κ1) is 11.4. The van der Waals surface area contributed by atoms with Crippen molar-refractivity contribution >= 4 is 6.47 Å². The van der Waals surface area contributed by atoms with Crippen LogP contribution < -0.4 is 0 Å². The van der Waals surface area contributed by atoms with Gasteiger partial charge in [0, 0.05) is 13.2 Å². The molecule has 0 aliphatic heterocycles. The minimum absolute atomic E-state index is 0.498. The molecular formula is C9H17O3. The average Bonchev–Trinajstić information content (AvgIpc) is 2.10. The number of rotatable bonds is 9. The Balaban J connectivity index is 2.77. The van der Waals surface area contributed by atoms with Crippen molar-refractivity contribution in [3.8, 4) is 0 Å². The molecule has 3 heteroatoms. The molecule has 0 rings (SSSR count). The summed E-state index contributed by atoms with van der Waals surface area (Å²) in [7, 11) is 0. The topological polar surface area (TPSA) is 35.5 Å². The van der Waals surface area contributed by atoms with Crippen LogP contribution >= 0.6 is 0 Å². The molecular weight excluding hydrogens is 156 g/mol. The third-order valence-corrected chi connectivity index (χ3v) is 1.55. The minimum atomic E-state index is 0.498. The number of carbonyl (C=O) groups excluding carboxylic acids is 1. The summed E-state index contributed by atoms with van der Waals surface area (Å²) in [6.45, 7) is 5.54. The largest absolute Gasteiger partial charge is 0.457 e. The lowest BCUT2D eigenvalue weighted by molar-refractivity contribution is 0.142. The molecule has 0 aliphatic rings. The highest BCUT2D eigenvalue weighted by molar-refractivity contribution is 5.37. The van der Waals surface area contributed by atoms with E-state index in [9.17, 15) is 4.79 Å². The highest BCUT2D eigenvalue weighted by Gasteiger charge is 1.90. The lowest BCUT2D eigenvalue weighted by Gasteiger charge is -2.00. The molecule has 0 aromatic heterocycles. The van der Waals surface area contributed by atoms with Crippen molar-refractivity contribution in [3.63, 3.8) is 0 Å². The van der Waals surface area contributed by atoms with Crippen LogP contribution in [0.1, 0.15) is 32.6 Å². The van der Waals surface area contributed by atoms with Crippen molar-refractivity contribution in [2.24, 2.45) is 0 Å². The van der Waals surface area contributed by atoms with Crippen LogP contribution in [0.5, 0.6) is 0 Å². The molecule has 71 valence electrons. The van der Waals surface area contributed by atoms with Crippen LogP contribution in [0.3, 0.4) is 0 Å². The van der Waals surface area contributed by atoms with E-state index in [0.717, 1.165) is 38.9 Å². The van der Waals surface area contributed by atoms with Crippen molar-refractivity contribution in [2.45, 2.75) is 32.6 Å². The Hall–Kier alpha value is -0.570. The number of hydrogen-bond donors (Lipinski definition) is 0. The van der Waals surface area contributed by atoms with Crippen LogP contribution in [0.25, 0.3) is 0 Å². The molecule has 0 atom stereocenters. The first-order chi connectivity index (χ1) is 5.91. The zero-order valence-electron chi connectivity index (χ0n) is 7.67. The van der Waals surface area contributed by atoms with E-state index in [4.69, 9.17) is 4.74 Å². The second-order valence-electron chi connectivity index (χ2n) is 2.54. The van der Waals surface area contributed by atoms with E-state index >= 15 is 0 Å². The molecule has 0 aromatic rings. The van der Waals surface area contributed by atoms with Gasteiger partial charge in [0.1, 0.15) is 0 Å². The predicted molar refractivity (Wildman–Crippen MR) is 46.6 cm³/mol. The maximum Gasteiger partial charge on any atom is 0.417 e. The molecule has 0 saturated carbocycles. The Kier molecular flexibility index (Phi) is 9.93. The van der Waals surface area contributed by atoms with E-state index in [-0.39, 0.29) is 0 Å². The van der Waals surface area contributed by atoms with Crippen LogP contribution in [-0.2, 0) is 14.3 Å². The maximum absolute atomic E-state index is 9.61. The summed E-state index contributed by atoms with van der Waals surface area (Å²) in [6.07, 6.45) is 4.26. The van der Waals surface area contributed by atoms with E-state index in [1.807, 2.05) is 6.92 Å². The van der Waals surface area contributed by atoms with Gasteiger partial charge in [0.25, 0.3) is 0 Å². The van der Waals surface area contributed by atoms with E-state index in [1.165, 1.54) is 6.47 Å². The number of ether oxygens (including phenoxy) is 2. The fourth-order valence-electron chi connectivity index (χ4n) is 0.918. The van der Waals surface area contributed by atoms with Crippen LogP contribution in [0, 0.1) is 0 Å². The van der Waals surface area contributed by atoms with Gasteiger partial charge >= 0.3 is 6.47 Å². The van der Waals surface area contributed by atoms with Crippen LogP contribution in [-0.4, -0.2) is 26.3 Å². The summed E-state index contributed by atoms with van der Waals surface area (Å²) in [4.78, 5) is 9.61. The summed E-state index contributed by atoms with van der Waals surface area (Å²) >= 11 is 0. The lowest BCUT2D eigenvalue weighted by atomic mass is 10.2. The Morgan fingerprint density at radius 2 is 1.75 bits per heavy atom. The molecule has 1 radical (unpaired) electrons. The van der Waals surface area contributed by atoms with Gasteiger partial charge in [-0.1, -0.05) is 6.42 Å². The molecule has 0 aromatic carbocycles. The van der Waals surface area contributed by atoms with Crippen molar-refractivity contribution in [3.05, 3.63) is 0 Å². The van der Waals surface area contributed by atoms with Gasteiger partial charge in [0.05, 0.1) is 6.61 Å². The van der Waals surface area contributed by atoms with Gasteiger partial charge in [-0.05, 0) is 26.2 Å². The molecule has 3 nitrogen and oxygen atoms in total. The van der Waals surface area contributed by atoms with Crippen molar-refractivity contribution in [1.82, 2.24) is 0 Å². The summed E-state index contributed by atoms with van der Waals surface area (Å²) in [5.41, 5.74) is 0. The standard InChI is InChI=1S/C9H17O3/c1-2-11-7-5-3-4-6-8-12-9-10/h2-8H2,1H3. The zero-order chi connectivity index (χ0) is 9.07. The summed E-state index contributed by atoms with van der Waals surface area (Å²) < 4.78 is 9.59. The first-order valence-corrected chi connectivity index (χ1v) is 4.48. The number of hydrogen-bond acceptors (Lipinski definition) is 3. The maximum atomic E-state index is 9.61. The fraction of sp³-hybridized carbons (Fsp3) is 0.889. The normalized spacial score (nSPS) is 9.75. The van der Waals surface area contributed by atoms with Crippen molar-refractivity contribution in [2.75, 3.05) is 19.8 Å². The van der Waals surface area contributed by atoms with Crippen LogP contribution in [0.4, 0.5) is 0 Å². The Morgan fingerprint density at radius 3 is 2.33 bits per heavy atom. The lowest BCUT2D eigenvalue weighted by Crippen LogP contribution is -1.95. The Morgan fingerprint density at radius 1 is 1.08 bits per heavy atom. The van der Waals surface area contributed by atoms with Gasteiger partial charge in [0.2, 0.25) is 0 Å². The second kappa shape index (κ2) is 10.4. The zero-order valence-corrected chi connectivity index (χ0v) is 7.67. The third-order valence-electron chi connectivity index (χ3n) is 1.55. The molecule has 0 spiro atoms. The molecule has 12 heavy (non-hydrogen) atoms. The van der Waals surface area contributed by atoms with Gasteiger partial charge in [-0.2, -0.15) is 0 Å². The van der Waals surface area contributed by atoms with E-state index in [0.29, 0.717) is 6.61 Å². The van der Waals surface area contributed by atoms with Gasteiger partial charge in [0.15, 0.2) is 0 Å². The van der Waals surface area contributed by atoms with Gasteiger partial charge < -0.3 is 9.47 Å². The fourth-order valence-corrected chi connectivity index (χ4v) is 0.918. The first-order valence-electron chi connectivity index (χ1n) is 4.48. The SMILES string of the molecule is CCOCCCCCCO[C]=O. The third kappa shape index (κ3) is 9.43. The molecule has 0 bridgehead atoms. The second-order valence-corrected chi connectivity index (χ2v) is 2.54. The van der Waals surface area contributed by atoms with E-state index < -0.39 is 0 Å². The molecule has 0 fully saturated rings. The molecule has 0 amide bonds. The average molecular weight is 173 g/mol. The highest BCUT2D eigenvalue weighted by atomic mass is 16.5. The van der Waals surface area contributed by atoms with Crippen molar-refractivity contribution in [1.29, 1.82) is 0 Å². The number of unbranched alkanes of at least 4 members (excludes halogenated alkanes) is 3. The van der Waals surface area contributed by atoms with Gasteiger partial charge in [-0.15, -0.1) is 0 Å². The van der Waals surface area contributed by atoms with Crippen LogP contribution in [0.15, 0.2) is 0 Å².